The SMILES string of the molecule is N#Cc1ccccc1Cc1ccc(O)c2c1[nH]c1cccc(C(N)=O)c12. The van der Waals surface area contributed by atoms with Crippen LogP contribution in [-0.4, -0.2) is 16.0 Å². The van der Waals surface area contributed by atoms with Gasteiger partial charge in [-0.1, -0.05) is 30.3 Å². The first kappa shape index (κ1) is 15.7. The van der Waals surface area contributed by atoms with Crippen LogP contribution >= 0.6 is 0 Å². The topological polar surface area (TPSA) is 103 Å². The number of phenols is 1. The van der Waals surface area contributed by atoms with Gasteiger partial charge in [0.15, 0.2) is 0 Å². The molecule has 3 aromatic carbocycles. The van der Waals surface area contributed by atoms with Crippen LogP contribution in [0.5, 0.6) is 5.75 Å². The van der Waals surface area contributed by atoms with Crippen molar-refractivity contribution in [2.24, 2.45) is 5.73 Å². The molecule has 1 amide bonds. The normalized spacial score (nSPS) is 10.9. The fourth-order valence-electron chi connectivity index (χ4n) is 3.43. The van der Waals surface area contributed by atoms with Crippen molar-refractivity contribution in [2.75, 3.05) is 0 Å². The van der Waals surface area contributed by atoms with E-state index < -0.39 is 5.91 Å². The molecule has 126 valence electrons. The minimum atomic E-state index is -0.545. The van der Waals surface area contributed by atoms with Crippen LogP contribution in [0.4, 0.5) is 0 Å². The van der Waals surface area contributed by atoms with E-state index in [1.54, 1.807) is 24.3 Å². The lowest BCUT2D eigenvalue weighted by Gasteiger charge is -2.07. The second-order valence-electron chi connectivity index (χ2n) is 6.16. The van der Waals surface area contributed by atoms with Gasteiger partial charge in [-0.25, -0.2) is 0 Å². The lowest BCUT2D eigenvalue weighted by atomic mass is 9.97. The Morgan fingerprint density at radius 3 is 2.62 bits per heavy atom. The van der Waals surface area contributed by atoms with Crippen LogP contribution in [0.15, 0.2) is 54.6 Å². The number of hydrogen-bond acceptors (Lipinski definition) is 3. The number of phenolic OH excluding ortho intramolecular Hbond substituents is 1. The van der Waals surface area contributed by atoms with Crippen LogP contribution in [0, 0.1) is 11.3 Å². The zero-order chi connectivity index (χ0) is 18.3. The predicted octanol–water partition coefficient (Wildman–Crippen LogP) is 3.59. The molecular weight excluding hydrogens is 326 g/mol. The number of carbonyl (C=O) groups is 1. The van der Waals surface area contributed by atoms with E-state index in [0.29, 0.717) is 28.3 Å². The molecule has 1 aromatic heterocycles. The molecule has 4 aromatic rings. The molecule has 0 saturated heterocycles. The quantitative estimate of drug-likeness (QED) is 0.530. The number of hydrogen-bond donors (Lipinski definition) is 3. The fourth-order valence-corrected chi connectivity index (χ4v) is 3.43. The number of carbonyl (C=O) groups excluding carboxylic acids is 1. The summed E-state index contributed by atoms with van der Waals surface area (Å²) >= 11 is 0. The lowest BCUT2D eigenvalue weighted by molar-refractivity contribution is 0.100. The molecule has 0 aliphatic carbocycles. The summed E-state index contributed by atoms with van der Waals surface area (Å²) in [6.07, 6.45) is 0.527. The van der Waals surface area contributed by atoms with Gasteiger partial charge in [-0.15, -0.1) is 0 Å². The number of amides is 1. The third kappa shape index (κ3) is 2.36. The Morgan fingerprint density at radius 1 is 1.04 bits per heavy atom. The molecule has 0 atom stereocenters. The van der Waals surface area contributed by atoms with E-state index in [4.69, 9.17) is 5.73 Å². The van der Waals surface area contributed by atoms with Gasteiger partial charge in [-0.3, -0.25) is 4.79 Å². The summed E-state index contributed by atoms with van der Waals surface area (Å²) in [6.45, 7) is 0. The number of nitrogens with one attached hydrogen (secondary N) is 1. The van der Waals surface area contributed by atoms with Crippen LogP contribution in [0.3, 0.4) is 0 Å². The van der Waals surface area contributed by atoms with Gasteiger partial charge in [0.25, 0.3) is 0 Å². The van der Waals surface area contributed by atoms with Gasteiger partial charge in [-0.2, -0.15) is 5.26 Å². The minimum absolute atomic E-state index is 0.0808. The van der Waals surface area contributed by atoms with Crippen molar-refractivity contribution in [2.45, 2.75) is 6.42 Å². The number of nitriles is 1. The molecule has 4 rings (SSSR count). The van der Waals surface area contributed by atoms with Crippen molar-refractivity contribution in [1.29, 1.82) is 5.26 Å². The molecule has 0 saturated carbocycles. The Kier molecular flexibility index (Phi) is 3.59. The van der Waals surface area contributed by atoms with Crippen molar-refractivity contribution in [3.8, 4) is 11.8 Å². The highest BCUT2D eigenvalue weighted by atomic mass is 16.3. The zero-order valence-corrected chi connectivity index (χ0v) is 13.8. The van der Waals surface area contributed by atoms with Crippen molar-refractivity contribution in [1.82, 2.24) is 4.98 Å². The molecule has 4 N–H and O–H groups in total. The Morgan fingerprint density at radius 2 is 1.85 bits per heavy atom. The minimum Gasteiger partial charge on any atom is -0.507 e. The van der Waals surface area contributed by atoms with Gasteiger partial charge in [0.1, 0.15) is 5.75 Å². The molecule has 26 heavy (non-hydrogen) atoms. The zero-order valence-electron chi connectivity index (χ0n) is 13.8. The molecule has 0 radical (unpaired) electrons. The van der Waals surface area contributed by atoms with Crippen LogP contribution < -0.4 is 5.73 Å². The Hall–Kier alpha value is -3.78. The Labute approximate surface area is 149 Å². The summed E-state index contributed by atoms with van der Waals surface area (Å²) in [7, 11) is 0. The van der Waals surface area contributed by atoms with Gasteiger partial charge in [-0.05, 0) is 35.4 Å². The van der Waals surface area contributed by atoms with E-state index >= 15 is 0 Å². The van der Waals surface area contributed by atoms with Crippen molar-refractivity contribution in [3.05, 3.63) is 76.9 Å². The molecule has 0 fully saturated rings. The van der Waals surface area contributed by atoms with E-state index in [2.05, 4.69) is 11.1 Å². The van der Waals surface area contributed by atoms with Crippen LogP contribution in [0.2, 0.25) is 0 Å². The third-order valence-corrected chi connectivity index (χ3v) is 4.63. The number of primary amides is 1. The maximum Gasteiger partial charge on any atom is 0.249 e. The Balaban J connectivity index is 2.00. The summed E-state index contributed by atoms with van der Waals surface area (Å²) < 4.78 is 0. The fraction of sp³-hybridized carbons (Fsp3) is 0.0476. The first-order chi connectivity index (χ1) is 12.6. The first-order valence-electron chi connectivity index (χ1n) is 8.13. The van der Waals surface area contributed by atoms with Gasteiger partial charge >= 0.3 is 0 Å². The number of benzene rings is 3. The van der Waals surface area contributed by atoms with E-state index in [-0.39, 0.29) is 5.75 Å². The first-order valence-corrected chi connectivity index (χ1v) is 8.13. The second kappa shape index (κ2) is 5.94. The van der Waals surface area contributed by atoms with Gasteiger partial charge in [0, 0.05) is 22.9 Å². The average molecular weight is 341 g/mol. The van der Waals surface area contributed by atoms with Crippen molar-refractivity contribution >= 4 is 27.7 Å². The second-order valence-corrected chi connectivity index (χ2v) is 6.16. The predicted molar refractivity (Wildman–Crippen MR) is 100.0 cm³/mol. The summed E-state index contributed by atoms with van der Waals surface area (Å²) in [6, 6.07) is 18.3. The molecule has 0 aliphatic rings. The maximum atomic E-state index is 11.8. The highest BCUT2D eigenvalue weighted by Crippen LogP contribution is 2.37. The molecule has 0 unspecified atom stereocenters. The highest BCUT2D eigenvalue weighted by Gasteiger charge is 2.17. The van der Waals surface area contributed by atoms with Crippen molar-refractivity contribution < 1.29 is 9.90 Å². The maximum absolute atomic E-state index is 11.8. The van der Waals surface area contributed by atoms with Crippen LogP contribution in [0.1, 0.15) is 27.0 Å². The lowest BCUT2D eigenvalue weighted by Crippen LogP contribution is -2.10. The smallest absolute Gasteiger partial charge is 0.249 e. The molecule has 0 bridgehead atoms. The highest BCUT2D eigenvalue weighted by molar-refractivity contribution is 6.19. The summed E-state index contributed by atoms with van der Waals surface area (Å²) in [5.41, 5.74) is 9.77. The number of nitrogens with zero attached hydrogens (tertiary/aromatic N) is 1. The number of H-pyrrole nitrogens is 1. The molecule has 5 nitrogen and oxygen atoms in total. The summed E-state index contributed by atoms with van der Waals surface area (Å²) in [4.78, 5) is 15.1. The summed E-state index contributed by atoms with van der Waals surface area (Å²) in [5, 5.41) is 20.9. The van der Waals surface area contributed by atoms with Gasteiger partial charge in [0.2, 0.25) is 5.91 Å². The van der Waals surface area contributed by atoms with E-state index in [9.17, 15) is 15.2 Å². The molecule has 0 spiro atoms. The number of rotatable bonds is 3. The van der Waals surface area contributed by atoms with Gasteiger partial charge < -0.3 is 15.8 Å². The Bertz CT molecular complexity index is 1220. The molecule has 1 heterocycles. The van der Waals surface area contributed by atoms with E-state index in [1.165, 1.54) is 0 Å². The van der Waals surface area contributed by atoms with Crippen molar-refractivity contribution in [3.63, 3.8) is 0 Å². The largest absolute Gasteiger partial charge is 0.507 e. The van der Waals surface area contributed by atoms with E-state index in [1.807, 2.05) is 30.3 Å². The summed E-state index contributed by atoms with van der Waals surface area (Å²) in [5.74, 6) is -0.464. The third-order valence-electron chi connectivity index (χ3n) is 4.63. The monoisotopic (exact) mass is 341 g/mol. The van der Waals surface area contributed by atoms with Gasteiger partial charge in [0.05, 0.1) is 22.5 Å². The van der Waals surface area contributed by atoms with Crippen LogP contribution in [-0.2, 0) is 6.42 Å². The van der Waals surface area contributed by atoms with E-state index in [0.717, 1.165) is 22.2 Å². The number of aromatic hydroxyl groups is 1. The number of aromatic nitrogens is 1. The molecular formula is C21H15N3O2. The number of nitrogens with two attached hydrogens (primary N) is 1. The molecule has 5 heteroatoms. The molecule has 0 aliphatic heterocycles. The number of aromatic amines is 1. The number of fused-ring (bicyclic) bond motifs is 3. The standard InChI is InChI=1S/C21H15N3O2/c22-11-14-5-2-1-4-12(14)10-13-8-9-17(25)19-18-15(21(23)26)6-3-7-16(18)24-20(13)19/h1-9,24-25H,10H2,(H2,23,26). The average Bonchev–Trinajstić information content (AvgIpc) is 3.05. The van der Waals surface area contributed by atoms with Crippen LogP contribution in [0.25, 0.3) is 21.8 Å².